The summed E-state index contributed by atoms with van der Waals surface area (Å²) in [7, 11) is 0. The summed E-state index contributed by atoms with van der Waals surface area (Å²) in [6, 6.07) is -1.11. The van der Waals surface area contributed by atoms with E-state index in [9.17, 15) is 14.4 Å². The zero-order valence-electron chi connectivity index (χ0n) is 22.5. The van der Waals surface area contributed by atoms with Crippen molar-refractivity contribution in [3.63, 3.8) is 0 Å². The third-order valence-corrected chi connectivity index (χ3v) is 5.26. The molecule has 15 heteroatoms. The molecule has 0 heterocycles. The van der Waals surface area contributed by atoms with Gasteiger partial charge in [0.1, 0.15) is 17.7 Å². The number of rotatable bonds is 8. The maximum Gasteiger partial charge on any atom is 0.408 e. The molecule has 2 rings (SSSR count). The maximum absolute atomic E-state index is 11.6. The van der Waals surface area contributed by atoms with Gasteiger partial charge in [-0.05, 0) is 72.1 Å². The van der Waals surface area contributed by atoms with Crippen LogP contribution in [0.5, 0.6) is 0 Å². The van der Waals surface area contributed by atoms with E-state index in [1.54, 1.807) is 34.6 Å². The standard InChI is InChI=1S/C13H23NO4.C8H14ClNO2.ClH.5Y/c1-9(14-11(16)18-12(2,3)4)10(15)17-8-13(5)6-7-13;1-6(10-9)7(11)12-5-8(2)3-4-8;;;;;;/h9H,6-8H2,1-5H3,(H,14,16);6,10H,3-5H2,1-2H3;1H;;;;;/t9-;6-;;;;;;/m00....../s1. The zero-order chi connectivity index (χ0) is 23.2. The predicted octanol–water partition coefficient (Wildman–Crippen LogP) is 4.11. The van der Waals surface area contributed by atoms with Crippen LogP contribution in [0.4, 0.5) is 4.79 Å². The number of halogens is 2. The van der Waals surface area contributed by atoms with Crippen LogP contribution in [0.3, 0.4) is 0 Å². The van der Waals surface area contributed by atoms with Crippen LogP contribution >= 0.6 is 24.2 Å². The minimum absolute atomic E-state index is 0. The minimum atomic E-state index is -0.692. The molecule has 2 atom stereocenters. The first kappa shape index (κ1) is 52.9. The first-order valence-corrected chi connectivity index (χ1v) is 10.8. The number of carbonyl (C=O) groups excluding carboxylic acids is 3. The van der Waals surface area contributed by atoms with E-state index in [4.69, 9.17) is 26.0 Å². The summed E-state index contributed by atoms with van der Waals surface area (Å²) >= 11 is 5.26. The van der Waals surface area contributed by atoms with E-state index in [0.29, 0.717) is 13.2 Å². The molecule has 2 saturated carbocycles. The predicted molar refractivity (Wildman–Crippen MR) is 121 cm³/mol. The van der Waals surface area contributed by atoms with Gasteiger partial charge >= 0.3 is 18.0 Å². The van der Waals surface area contributed by atoms with Crippen molar-refractivity contribution in [2.75, 3.05) is 13.2 Å². The Kier molecular flexibility index (Phi) is 36.3. The second kappa shape index (κ2) is 24.7. The Hall–Kier alpha value is 4.27. The molecular weight excluding hydrogens is 892 g/mol. The van der Waals surface area contributed by atoms with Crippen molar-refractivity contribution in [1.29, 1.82) is 0 Å². The van der Waals surface area contributed by atoms with E-state index in [0.717, 1.165) is 25.7 Å². The monoisotopic (exact) mass is 929 g/mol. The van der Waals surface area contributed by atoms with Crippen LogP contribution in [0.15, 0.2) is 0 Å². The van der Waals surface area contributed by atoms with Crippen molar-refractivity contribution >= 4 is 42.2 Å². The number of hydrogen-bond acceptors (Lipinski definition) is 7. The fourth-order valence-corrected chi connectivity index (χ4v) is 2.13. The number of alkyl carbamates (subject to hydrolysis) is 1. The van der Waals surface area contributed by atoms with Crippen LogP contribution in [0.2, 0.25) is 0 Å². The van der Waals surface area contributed by atoms with Crippen LogP contribution in [0, 0.1) is 10.8 Å². The van der Waals surface area contributed by atoms with E-state index in [1.807, 2.05) is 0 Å². The molecule has 8 nitrogen and oxygen atoms in total. The van der Waals surface area contributed by atoms with Gasteiger partial charge in [-0.15, -0.1) is 12.4 Å². The third kappa shape index (κ3) is 25.9. The van der Waals surface area contributed by atoms with Crippen molar-refractivity contribution in [1.82, 2.24) is 10.2 Å². The summed E-state index contributed by atoms with van der Waals surface area (Å²) in [6.07, 6.45) is 3.89. The number of ether oxygens (including phenoxy) is 3. The molecule has 0 spiro atoms. The van der Waals surface area contributed by atoms with Gasteiger partial charge in [-0.3, -0.25) is 4.79 Å². The fraction of sp³-hybridized carbons (Fsp3) is 0.857. The van der Waals surface area contributed by atoms with Crippen molar-refractivity contribution in [3.05, 3.63) is 0 Å². The Morgan fingerprint density at radius 2 is 1.14 bits per heavy atom. The minimum Gasteiger partial charge on any atom is -0.464 e. The molecule has 0 unspecified atom stereocenters. The molecule has 1 amide bonds. The largest absolute Gasteiger partial charge is 0.464 e. The van der Waals surface area contributed by atoms with Crippen LogP contribution in [-0.4, -0.2) is 48.9 Å². The van der Waals surface area contributed by atoms with Gasteiger partial charge in [0.15, 0.2) is 0 Å². The number of amides is 1. The van der Waals surface area contributed by atoms with Gasteiger partial charge in [0, 0.05) is 174 Å². The molecule has 0 aromatic rings. The van der Waals surface area contributed by atoms with Crippen molar-refractivity contribution < 1.29 is 192 Å². The molecule has 5 radical (unpaired) electrons. The average molecular weight is 930 g/mol. The summed E-state index contributed by atoms with van der Waals surface area (Å²) in [5, 5.41) is 2.46. The first-order chi connectivity index (χ1) is 13.7. The third-order valence-electron chi connectivity index (χ3n) is 4.94. The van der Waals surface area contributed by atoms with Crippen LogP contribution in [0.25, 0.3) is 0 Å². The Labute approximate surface area is 353 Å². The molecule has 2 aliphatic carbocycles. The van der Waals surface area contributed by atoms with Gasteiger partial charge in [0.25, 0.3) is 0 Å². The first-order valence-electron chi connectivity index (χ1n) is 10.4. The second-order valence-corrected chi connectivity index (χ2v) is 10.3. The van der Waals surface area contributed by atoms with Crippen molar-refractivity contribution in [3.8, 4) is 0 Å². The van der Waals surface area contributed by atoms with Gasteiger partial charge in [-0.2, -0.15) is 0 Å². The van der Waals surface area contributed by atoms with E-state index >= 15 is 0 Å². The quantitative estimate of drug-likeness (QED) is 0.215. The molecule has 2 fully saturated rings. The maximum atomic E-state index is 11.6. The summed E-state index contributed by atoms with van der Waals surface area (Å²) in [5.41, 5.74) is -0.168. The Balaban J connectivity index is -0.000000112. The zero-order valence-corrected chi connectivity index (χ0v) is 38.3. The number of esters is 2. The van der Waals surface area contributed by atoms with Crippen LogP contribution < -0.4 is 10.2 Å². The van der Waals surface area contributed by atoms with Gasteiger partial charge in [-0.25, -0.2) is 14.4 Å². The summed E-state index contributed by atoms with van der Waals surface area (Å²) < 4.78 is 15.2. The smallest absolute Gasteiger partial charge is 0.408 e. The Bertz CT molecular complexity index is 636. The summed E-state index contributed by atoms with van der Waals surface area (Å²) in [6.45, 7) is 13.7. The number of hydrogen-bond donors (Lipinski definition) is 2. The molecular formula is C21H38Cl2N2O6Y5. The van der Waals surface area contributed by atoms with Gasteiger partial charge in [0.05, 0.1) is 13.2 Å². The SMILES string of the molecule is C[C@H](NC(=O)OC(C)(C)C)C(=O)OCC1(C)CC1.C[C@H](NCl)C(=O)OCC1(C)CC1.Cl.[Y].[Y].[Y].[Y].[Y]. The van der Waals surface area contributed by atoms with Gasteiger partial charge < -0.3 is 19.5 Å². The summed E-state index contributed by atoms with van der Waals surface area (Å²) in [5.74, 6) is -0.702. The fourth-order valence-electron chi connectivity index (χ4n) is 2.04. The molecule has 2 N–H and O–H groups in total. The molecule has 0 bridgehead atoms. The number of nitrogens with one attached hydrogen (secondary N) is 2. The van der Waals surface area contributed by atoms with Crippen LogP contribution in [-0.2, 0) is 187 Å². The van der Waals surface area contributed by atoms with Gasteiger partial charge in [-0.1, -0.05) is 13.8 Å². The topological polar surface area (TPSA) is 103 Å². The van der Waals surface area contributed by atoms with Gasteiger partial charge in [0.2, 0.25) is 0 Å². The van der Waals surface area contributed by atoms with E-state index in [-0.39, 0.29) is 193 Å². The van der Waals surface area contributed by atoms with E-state index in [1.165, 1.54) is 0 Å². The van der Waals surface area contributed by atoms with Crippen molar-refractivity contribution in [2.24, 2.45) is 10.8 Å². The number of carbonyl (C=O) groups is 3. The van der Waals surface area contributed by atoms with Crippen LogP contribution in [0.1, 0.15) is 74.1 Å². The molecule has 0 aromatic carbocycles. The normalized spacial score (nSPS) is 16.6. The Morgan fingerprint density at radius 1 is 0.806 bits per heavy atom. The van der Waals surface area contributed by atoms with E-state index < -0.39 is 29.7 Å². The molecule has 0 aromatic heterocycles. The molecule has 2 aliphatic rings. The molecule has 0 aliphatic heterocycles. The molecule has 197 valence electrons. The molecule has 36 heavy (non-hydrogen) atoms. The molecule has 0 saturated heterocycles. The summed E-state index contributed by atoms with van der Waals surface area (Å²) in [4.78, 5) is 36.5. The Morgan fingerprint density at radius 3 is 1.42 bits per heavy atom. The van der Waals surface area contributed by atoms with E-state index in [2.05, 4.69) is 24.0 Å². The second-order valence-electron chi connectivity index (χ2n) is 10.0. The average Bonchev–Trinajstić information content (AvgIpc) is 3.55. The van der Waals surface area contributed by atoms with Crippen molar-refractivity contribution in [2.45, 2.75) is 91.8 Å².